The Bertz CT molecular complexity index is 560. The molecule has 0 aromatic carbocycles. The van der Waals surface area contributed by atoms with Gasteiger partial charge in [-0.25, -0.2) is 9.37 Å². The third-order valence-electron chi connectivity index (χ3n) is 2.97. The molecule has 1 atom stereocenters. The van der Waals surface area contributed by atoms with Crippen LogP contribution in [0.15, 0.2) is 24.4 Å². The summed E-state index contributed by atoms with van der Waals surface area (Å²) in [6.45, 7) is 1.12. The molecule has 0 aliphatic carbocycles. The summed E-state index contributed by atoms with van der Waals surface area (Å²) in [7, 11) is 0. The van der Waals surface area contributed by atoms with Crippen LogP contribution in [0.2, 0.25) is 5.02 Å². The first-order valence-electron chi connectivity index (χ1n) is 5.54. The fraction of sp³-hybridized carbons (Fsp3) is 0.333. The number of pyridine rings is 2. The lowest BCUT2D eigenvalue weighted by Gasteiger charge is -2.16. The average molecular weight is 252 g/mol. The van der Waals surface area contributed by atoms with Crippen molar-refractivity contribution >= 4 is 28.5 Å². The number of alkyl halides is 1. The van der Waals surface area contributed by atoms with E-state index >= 15 is 0 Å². The number of aromatic nitrogens is 2. The van der Waals surface area contributed by atoms with Gasteiger partial charge in [0.1, 0.15) is 17.5 Å². The Morgan fingerprint density at radius 1 is 1.35 bits per heavy atom. The van der Waals surface area contributed by atoms with Crippen molar-refractivity contribution in [1.29, 1.82) is 0 Å². The molecule has 2 aromatic rings. The molecule has 3 rings (SSSR count). The van der Waals surface area contributed by atoms with Crippen LogP contribution in [-0.4, -0.2) is 29.2 Å². The van der Waals surface area contributed by atoms with Gasteiger partial charge in [-0.2, -0.15) is 0 Å². The molecule has 0 spiro atoms. The van der Waals surface area contributed by atoms with Crippen molar-refractivity contribution in [3.63, 3.8) is 0 Å². The Morgan fingerprint density at radius 2 is 2.24 bits per heavy atom. The van der Waals surface area contributed by atoms with Crippen LogP contribution in [0.25, 0.3) is 11.0 Å². The Labute approximate surface area is 103 Å². The van der Waals surface area contributed by atoms with Crippen LogP contribution < -0.4 is 4.90 Å². The summed E-state index contributed by atoms with van der Waals surface area (Å²) in [6, 6.07) is 5.45. The van der Waals surface area contributed by atoms with E-state index in [4.69, 9.17) is 11.6 Å². The zero-order chi connectivity index (χ0) is 11.8. The molecule has 1 saturated heterocycles. The second kappa shape index (κ2) is 4.11. The van der Waals surface area contributed by atoms with Crippen molar-refractivity contribution in [2.45, 2.75) is 12.6 Å². The fourth-order valence-electron chi connectivity index (χ4n) is 2.09. The molecule has 2 aromatic heterocycles. The minimum Gasteiger partial charge on any atom is -0.354 e. The van der Waals surface area contributed by atoms with E-state index in [0.29, 0.717) is 30.0 Å². The van der Waals surface area contributed by atoms with E-state index in [-0.39, 0.29) is 0 Å². The normalized spacial score (nSPS) is 20.1. The first-order valence-corrected chi connectivity index (χ1v) is 5.92. The van der Waals surface area contributed by atoms with Crippen molar-refractivity contribution in [3.05, 3.63) is 29.4 Å². The Morgan fingerprint density at radius 3 is 3.00 bits per heavy atom. The third-order valence-corrected chi connectivity index (χ3v) is 3.28. The van der Waals surface area contributed by atoms with Crippen LogP contribution in [0.3, 0.4) is 0 Å². The predicted molar refractivity (Wildman–Crippen MR) is 66.3 cm³/mol. The second-order valence-corrected chi connectivity index (χ2v) is 4.57. The molecule has 0 unspecified atom stereocenters. The molecule has 3 nitrogen and oxygen atoms in total. The van der Waals surface area contributed by atoms with E-state index in [9.17, 15) is 4.39 Å². The van der Waals surface area contributed by atoms with Crippen molar-refractivity contribution in [2.24, 2.45) is 0 Å². The number of anilines is 1. The minimum atomic E-state index is -0.753. The molecule has 5 heteroatoms. The van der Waals surface area contributed by atoms with Crippen LogP contribution in [0.1, 0.15) is 6.42 Å². The minimum absolute atomic E-state index is 0.413. The van der Waals surface area contributed by atoms with Gasteiger partial charge in [-0.1, -0.05) is 11.6 Å². The van der Waals surface area contributed by atoms with E-state index in [1.807, 2.05) is 17.0 Å². The molecule has 1 fully saturated rings. The molecule has 0 saturated carbocycles. The topological polar surface area (TPSA) is 29.0 Å². The summed E-state index contributed by atoms with van der Waals surface area (Å²) >= 11 is 6.07. The molecule has 1 aliphatic rings. The summed E-state index contributed by atoms with van der Waals surface area (Å²) < 4.78 is 13.1. The maximum Gasteiger partial charge on any atom is 0.129 e. The zero-order valence-corrected chi connectivity index (χ0v) is 9.86. The monoisotopic (exact) mass is 251 g/mol. The first kappa shape index (κ1) is 10.7. The average Bonchev–Trinajstić information content (AvgIpc) is 2.76. The van der Waals surface area contributed by atoms with Gasteiger partial charge in [0.25, 0.3) is 0 Å². The van der Waals surface area contributed by atoms with Crippen molar-refractivity contribution in [2.75, 3.05) is 18.0 Å². The molecular weight excluding hydrogens is 241 g/mol. The lowest BCUT2D eigenvalue weighted by molar-refractivity contribution is 0.364. The van der Waals surface area contributed by atoms with Gasteiger partial charge < -0.3 is 4.90 Å². The highest BCUT2D eigenvalue weighted by Crippen LogP contribution is 2.25. The number of halogens is 2. The fourth-order valence-corrected chi connectivity index (χ4v) is 2.28. The number of rotatable bonds is 1. The highest BCUT2D eigenvalue weighted by Gasteiger charge is 2.23. The lowest BCUT2D eigenvalue weighted by Crippen LogP contribution is -2.21. The summed E-state index contributed by atoms with van der Waals surface area (Å²) in [5.74, 6) is 0.771. The highest BCUT2D eigenvalue weighted by molar-refractivity contribution is 6.34. The molecule has 3 heterocycles. The van der Waals surface area contributed by atoms with Crippen molar-refractivity contribution in [3.8, 4) is 0 Å². The maximum absolute atomic E-state index is 13.1. The Balaban J connectivity index is 2.04. The molecule has 0 bridgehead atoms. The predicted octanol–water partition coefficient (Wildman–Crippen LogP) is 2.83. The molecule has 0 amide bonds. The Kier molecular flexibility index (Phi) is 2.59. The van der Waals surface area contributed by atoms with E-state index < -0.39 is 6.17 Å². The second-order valence-electron chi connectivity index (χ2n) is 4.16. The van der Waals surface area contributed by atoms with E-state index in [1.54, 1.807) is 12.3 Å². The van der Waals surface area contributed by atoms with Crippen molar-refractivity contribution < 1.29 is 4.39 Å². The van der Waals surface area contributed by atoms with Crippen LogP contribution in [-0.2, 0) is 0 Å². The van der Waals surface area contributed by atoms with Crippen LogP contribution in [0.5, 0.6) is 0 Å². The largest absolute Gasteiger partial charge is 0.354 e. The van der Waals surface area contributed by atoms with Gasteiger partial charge in [0.2, 0.25) is 0 Å². The number of nitrogens with zero attached hydrogens (tertiary/aromatic N) is 3. The van der Waals surface area contributed by atoms with Gasteiger partial charge in [-0.05, 0) is 24.6 Å². The number of hydrogen-bond acceptors (Lipinski definition) is 3. The third kappa shape index (κ3) is 1.93. The Hall–Kier alpha value is -1.42. The van der Waals surface area contributed by atoms with Gasteiger partial charge in [-0.15, -0.1) is 0 Å². The molecule has 0 radical (unpaired) electrons. The van der Waals surface area contributed by atoms with E-state index in [0.717, 1.165) is 11.3 Å². The number of fused-ring (bicyclic) bond motifs is 1. The van der Waals surface area contributed by atoms with Crippen LogP contribution >= 0.6 is 11.6 Å². The van der Waals surface area contributed by atoms with Crippen LogP contribution in [0, 0.1) is 0 Å². The number of hydrogen-bond donors (Lipinski definition) is 0. The summed E-state index contributed by atoms with van der Waals surface area (Å²) in [5, 5.41) is 0.577. The van der Waals surface area contributed by atoms with Crippen molar-refractivity contribution in [1.82, 2.24) is 9.97 Å². The molecule has 88 valence electrons. The zero-order valence-electron chi connectivity index (χ0n) is 9.11. The first-order chi connectivity index (χ1) is 8.24. The van der Waals surface area contributed by atoms with Gasteiger partial charge in [0.15, 0.2) is 0 Å². The van der Waals surface area contributed by atoms with Gasteiger partial charge in [-0.3, -0.25) is 4.98 Å². The highest BCUT2D eigenvalue weighted by atomic mass is 35.5. The summed E-state index contributed by atoms with van der Waals surface area (Å²) in [4.78, 5) is 10.6. The van der Waals surface area contributed by atoms with E-state index in [2.05, 4.69) is 9.97 Å². The molecule has 1 aliphatic heterocycles. The van der Waals surface area contributed by atoms with Crippen LogP contribution in [0.4, 0.5) is 10.2 Å². The molecular formula is C12H11ClFN3. The lowest BCUT2D eigenvalue weighted by atomic mass is 10.3. The van der Waals surface area contributed by atoms with Gasteiger partial charge in [0, 0.05) is 12.7 Å². The standard InChI is InChI=1S/C12H11ClFN3/c13-9-3-5-15-10-1-2-11(16-12(9)10)17-6-4-8(14)7-17/h1-3,5,8H,4,6-7H2/t8-/m0/s1. The summed E-state index contributed by atoms with van der Waals surface area (Å²) in [6.07, 6.45) is 1.47. The molecule has 17 heavy (non-hydrogen) atoms. The van der Waals surface area contributed by atoms with Gasteiger partial charge >= 0.3 is 0 Å². The quantitative estimate of drug-likeness (QED) is 0.780. The maximum atomic E-state index is 13.1. The summed E-state index contributed by atoms with van der Waals surface area (Å²) in [5.41, 5.74) is 1.44. The van der Waals surface area contributed by atoms with E-state index in [1.165, 1.54) is 0 Å². The van der Waals surface area contributed by atoms with Gasteiger partial charge in [0.05, 0.1) is 17.1 Å². The SMILES string of the molecule is F[C@H]1CCN(c2ccc3nccc(Cl)c3n2)C1. The smallest absolute Gasteiger partial charge is 0.129 e. The molecule has 0 N–H and O–H groups in total.